The third-order valence-electron chi connectivity index (χ3n) is 3.64. The number of aliphatic hydroxyl groups excluding tert-OH is 1. The molecular formula is C15H22F2N2O2. The number of rotatable bonds is 8. The van der Waals surface area contributed by atoms with Gasteiger partial charge in [0.05, 0.1) is 6.61 Å². The maximum Gasteiger partial charge on any atom is 0.387 e. The number of halogens is 2. The normalized spacial score (nSPS) is 18.6. The highest BCUT2D eigenvalue weighted by molar-refractivity contribution is 5.33. The maximum atomic E-state index is 12.4. The molecule has 0 saturated carbocycles. The summed E-state index contributed by atoms with van der Waals surface area (Å²) in [6.07, 6.45) is 2.26. The summed E-state index contributed by atoms with van der Waals surface area (Å²) in [5, 5.41) is 12.6. The molecule has 0 aromatic heterocycles. The van der Waals surface area contributed by atoms with Crippen LogP contribution in [0.5, 0.6) is 5.75 Å². The van der Waals surface area contributed by atoms with Crippen molar-refractivity contribution in [3.05, 3.63) is 29.8 Å². The first kappa shape index (κ1) is 16.1. The lowest BCUT2D eigenvalue weighted by Gasteiger charge is -2.25. The molecule has 1 aromatic carbocycles. The molecule has 2 rings (SSSR count). The SMILES string of the molecule is OCCN(Cc1ccccc1OC(F)F)CC1CCCN1. The molecule has 1 heterocycles. The van der Waals surface area contributed by atoms with Gasteiger partial charge in [-0.1, -0.05) is 18.2 Å². The Bertz CT molecular complexity index is 426. The molecule has 1 unspecified atom stereocenters. The highest BCUT2D eigenvalue weighted by atomic mass is 19.3. The number of ether oxygens (including phenoxy) is 1. The van der Waals surface area contributed by atoms with Crippen LogP contribution in [0.1, 0.15) is 18.4 Å². The van der Waals surface area contributed by atoms with Crippen LogP contribution in [0.2, 0.25) is 0 Å². The summed E-state index contributed by atoms with van der Waals surface area (Å²) < 4.78 is 29.4. The molecule has 6 heteroatoms. The summed E-state index contributed by atoms with van der Waals surface area (Å²) in [5.74, 6) is 0.204. The lowest BCUT2D eigenvalue weighted by Crippen LogP contribution is -2.38. The Morgan fingerprint density at radius 2 is 2.19 bits per heavy atom. The molecular weight excluding hydrogens is 278 g/mol. The van der Waals surface area contributed by atoms with E-state index in [1.54, 1.807) is 24.3 Å². The Labute approximate surface area is 123 Å². The van der Waals surface area contributed by atoms with E-state index >= 15 is 0 Å². The second-order valence-electron chi connectivity index (χ2n) is 5.24. The Balaban J connectivity index is 2.01. The number of benzene rings is 1. The first-order valence-corrected chi connectivity index (χ1v) is 7.28. The fraction of sp³-hybridized carbons (Fsp3) is 0.600. The first-order chi connectivity index (χ1) is 10.2. The van der Waals surface area contributed by atoms with Crippen LogP contribution in [0.25, 0.3) is 0 Å². The second-order valence-corrected chi connectivity index (χ2v) is 5.24. The molecule has 1 fully saturated rings. The van der Waals surface area contributed by atoms with Crippen molar-refractivity contribution in [1.82, 2.24) is 10.2 Å². The van der Waals surface area contributed by atoms with Gasteiger partial charge in [-0.15, -0.1) is 0 Å². The van der Waals surface area contributed by atoms with E-state index in [0.717, 1.165) is 25.9 Å². The van der Waals surface area contributed by atoms with Gasteiger partial charge in [-0.2, -0.15) is 8.78 Å². The summed E-state index contributed by atoms with van der Waals surface area (Å²) in [5.41, 5.74) is 0.712. The van der Waals surface area contributed by atoms with Crippen molar-refractivity contribution >= 4 is 0 Å². The van der Waals surface area contributed by atoms with E-state index in [9.17, 15) is 13.9 Å². The number of alkyl halides is 2. The third kappa shape index (κ3) is 5.22. The third-order valence-corrected chi connectivity index (χ3v) is 3.64. The molecule has 1 saturated heterocycles. The predicted octanol–water partition coefficient (Wildman–Crippen LogP) is 1.83. The molecule has 1 atom stereocenters. The predicted molar refractivity (Wildman–Crippen MR) is 76.5 cm³/mol. The zero-order chi connectivity index (χ0) is 15.1. The maximum absolute atomic E-state index is 12.4. The van der Waals surface area contributed by atoms with Crippen molar-refractivity contribution in [2.24, 2.45) is 0 Å². The first-order valence-electron chi connectivity index (χ1n) is 7.28. The number of aliphatic hydroxyl groups is 1. The van der Waals surface area contributed by atoms with E-state index in [0.29, 0.717) is 24.7 Å². The second kappa shape index (κ2) is 8.26. The zero-order valence-corrected chi connectivity index (χ0v) is 12.0. The summed E-state index contributed by atoms with van der Waals surface area (Å²) >= 11 is 0. The highest BCUT2D eigenvalue weighted by Gasteiger charge is 2.19. The molecule has 21 heavy (non-hydrogen) atoms. The Morgan fingerprint density at radius 1 is 1.38 bits per heavy atom. The number of nitrogens with zero attached hydrogens (tertiary/aromatic N) is 1. The van der Waals surface area contributed by atoms with E-state index < -0.39 is 6.61 Å². The fourth-order valence-electron chi connectivity index (χ4n) is 2.69. The lowest BCUT2D eigenvalue weighted by atomic mass is 10.1. The fourth-order valence-corrected chi connectivity index (χ4v) is 2.69. The van der Waals surface area contributed by atoms with Crippen LogP contribution in [0, 0.1) is 0 Å². The topological polar surface area (TPSA) is 44.7 Å². The quantitative estimate of drug-likeness (QED) is 0.769. The minimum Gasteiger partial charge on any atom is -0.434 e. The summed E-state index contributed by atoms with van der Waals surface area (Å²) in [6.45, 7) is 0.0358. The van der Waals surface area contributed by atoms with Crippen LogP contribution < -0.4 is 10.1 Å². The van der Waals surface area contributed by atoms with Gasteiger partial charge in [0.2, 0.25) is 0 Å². The Kier molecular flexibility index (Phi) is 6.35. The molecule has 1 aromatic rings. The van der Waals surface area contributed by atoms with Crippen LogP contribution in [-0.2, 0) is 6.54 Å². The number of nitrogens with one attached hydrogen (secondary N) is 1. The highest BCUT2D eigenvalue weighted by Crippen LogP contribution is 2.22. The molecule has 1 aliphatic rings. The van der Waals surface area contributed by atoms with E-state index in [4.69, 9.17) is 0 Å². The molecule has 1 aliphatic heterocycles. The van der Waals surface area contributed by atoms with Gasteiger partial charge in [0.25, 0.3) is 0 Å². The Hall–Kier alpha value is -1.24. The zero-order valence-electron chi connectivity index (χ0n) is 12.0. The molecule has 4 nitrogen and oxygen atoms in total. The van der Waals surface area contributed by atoms with E-state index in [1.807, 2.05) is 0 Å². The van der Waals surface area contributed by atoms with Crippen LogP contribution in [-0.4, -0.2) is 48.9 Å². The van der Waals surface area contributed by atoms with E-state index in [1.165, 1.54) is 0 Å². The largest absolute Gasteiger partial charge is 0.434 e. The minimum absolute atomic E-state index is 0.0462. The molecule has 0 amide bonds. The van der Waals surface area contributed by atoms with Gasteiger partial charge in [-0.3, -0.25) is 4.90 Å². The van der Waals surface area contributed by atoms with Gasteiger partial charge in [0.15, 0.2) is 0 Å². The van der Waals surface area contributed by atoms with Gasteiger partial charge in [0, 0.05) is 31.2 Å². The minimum atomic E-state index is -2.83. The van der Waals surface area contributed by atoms with Crippen LogP contribution in [0.4, 0.5) is 8.78 Å². The van der Waals surface area contributed by atoms with Gasteiger partial charge in [-0.05, 0) is 25.5 Å². The average Bonchev–Trinajstić information content (AvgIpc) is 2.93. The van der Waals surface area contributed by atoms with Crippen molar-refractivity contribution in [2.75, 3.05) is 26.2 Å². The molecule has 118 valence electrons. The molecule has 0 spiro atoms. The molecule has 0 bridgehead atoms. The van der Waals surface area contributed by atoms with Crippen molar-refractivity contribution in [3.63, 3.8) is 0 Å². The smallest absolute Gasteiger partial charge is 0.387 e. The van der Waals surface area contributed by atoms with Crippen LogP contribution in [0.3, 0.4) is 0 Å². The van der Waals surface area contributed by atoms with Crippen molar-refractivity contribution < 1.29 is 18.6 Å². The Morgan fingerprint density at radius 3 is 2.86 bits per heavy atom. The average molecular weight is 300 g/mol. The van der Waals surface area contributed by atoms with Crippen molar-refractivity contribution in [1.29, 1.82) is 0 Å². The van der Waals surface area contributed by atoms with Crippen LogP contribution >= 0.6 is 0 Å². The molecule has 0 radical (unpaired) electrons. The van der Waals surface area contributed by atoms with Gasteiger partial charge in [0.1, 0.15) is 5.75 Å². The summed E-state index contributed by atoms with van der Waals surface area (Å²) in [6, 6.07) is 7.21. The van der Waals surface area contributed by atoms with Gasteiger partial charge >= 0.3 is 6.61 Å². The van der Waals surface area contributed by atoms with Gasteiger partial charge in [-0.25, -0.2) is 0 Å². The monoisotopic (exact) mass is 300 g/mol. The van der Waals surface area contributed by atoms with Gasteiger partial charge < -0.3 is 15.2 Å². The standard InChI is InChI=1S/C15H22F2N2O2/c16-15(17)21-14-6-2-1-4-12(14)10-19(8-9-20)11-13-5-3-7-18-13/h1-2,4,6,13,15,18,20H,3,5,7-11H2. The van der Waals surface area contributed by atoms with Crippen molar-refractivity contribution in [2.45, 2.75) is 32.0 Å². The summed E-state index contributed by atoms with van der Waals surface area (Å²) in [7, 11) is 0. The van der Waals surface area contributed by atoms with Crippen molar-refractivity contribution in [3.8, 4) is 5.75 Å². The number of hydrogen-bond acceptors (Lipinski definition) is 4. The summed E-state index contributed by atoms with van der Waals surface area (Å²) in [4.78, 5) is 2.07. The van der Waals surface area contributed by atoms with E-state index in [-0.39, 0.29) is 12.4 Å². The number of para-hydroxylation sites is 1. The van der Waals surface area contributed by atoms with E-state index in [2.05, 4.69) is 15.0 Å². The molecule has 0 aliphatic carbocycles. The van der Waals surface area contributed by atoms with Crippen LogP contribution in [0.15, 0.2) is 24.3 Å². The lowest BCUT2D eigenvalue weighted by molar-refractivity contribution is -0.0508. The number of hydrogen-bond donors (Lipinski definition) is 2. The molecule has 2 N–H and O–H groups in total.